The maximum Gasteiger partial charge on any atom is 0.292 e. The van der Waals surface area contributed by atoms with Crippen LogP contribution in [-0.4, -0.2) is 15.3 Å². The van der Waals surface area contributed by atoms with E-state index in [9.17, 15) is 0 Å². The summed E-state index contributed by atoms with van der Waals surface area (Å²) < 4.78 is 0. The van der Waals surface area contributed by atoms with Gasteiger partial charge < -0.3 is 11.4 Å². The molecule has 0 unspecified atom stereocenters. The van der Waals surface area contributed by atoms with Crippen LogP contribution in [0.15, 0.2) is 35.6 Å². The van der Waals surface area contributed by atoms with Gasteiger partial charge in [-0.15, -0.1) is 0 Å². The molecule has 0 amide bonds. The van der Waals surface area contributed by atoms with E-state index in [1.165, 1.54) is 0 Å². The fourth-order valence-electron chi connectivity index (χ4n) is 0.613. The summed E-state index contributed by atoms with van der Waals surface area (Å²) in [4.78, 5) is 0.389. The van der Waals surface area contributed by atoms with Crippen LogP contribution in [0.3, 0.4) is 0 Å². The average molecular weight is 156 g/mol. The van der Waals surface area contributed by atoms with Crippen LogP contribution < -0.4 is 6.15 Å². The molecule has 1 aromatic carbocycles. The summed E-state index contributed by atoms with van der Waals surface area (Å²) in [5, 5.41) is 19.4. The number of nitrogens with zero attached hydrogens (tertiary/aromatic N) is 2. The summed E-state index contributed by atoms with van der Waals surface area (Å²) in [5.41, 5.74) is 0.421. The summed E-state index contributed by atoms with van der Waals surface area (Å²) in [6.45, 7) is 0. The third-order valence-corrected chi connectivity index (χ3v) is 1.07. The van der Waals surface area contributed by atoms with Gasteiger partial charge in [0.1, 0.15) is 0 Å². The Morgan fingerprint density at radius 3 is 2.18 bits per heavy atom. The standard InChI is InChI=1S/C6H6N2O2.H3N/c9-7-8(10)6-4-2-1-3-5-6;/h1-5,10H;1H3/p+1. The molecule has 0 saturated carbocycles. The van der Waals surface area contributed by atoms with E-state index in [2.05, 4.69) is 5.28 Å². The first-order valence-corrected chi connectivity index (χ1v) is 2.73. The monoisotopic (exact) mass is 156 g/mol. The van der Waals surface area contributed by atoms with Crippen LogP contribution in [0.1, 0.15) is 0 Å². The molecule has 5 heteroatoms. The van der Waals surface area contributed by atoms with Crippen LogP contribution in [0.5, 0.6) is 0 Å². The quantitative estimate of drug-likeness (QED) is 0.328. The highest BCUT2D eigenvalue weighted by Crippen LogP contribution is 2.07. The predicted molar refractivity (Wildman–Crippen MR) is 37.4 cm³/mol. The van der Waals surface area contributed by atoms with Crippen molar-refractivity contribution in [3.63, 3.8) is 0 Å². The van der Waals surface area contributed by atoms with Gasteiger partial charge >= 0.3 is 0 Å². The molecule has 1 aromatic rings. The van der Waals surface area contributed by atoms with Gasteiger partial charge in [0.05, 0.1) is 0 Å². The number of hydrogen-bond donors (Lipinski definition) is 3. The lowest BCUT2D eigenvalue weighted by Crippen LogP contribution is -1.92. The molecule has 0 aromatic heterocycles. The second-order valence-electron chi connectivity index (χ2n) is 1.71. The van der Waals surface area contributed by atoms with Gasteiger partial charge in [-0.2, -0.15) is 0 Å². The van der Waals surface area contributed by atoms with Gasteiger partial charge in [-0.3, -0.25) is 5.21 Å². The van der Waals surface area contributed by atoms with Gasteiger partial charge in [-0.05, 0) is 0 Å². The lowest BCUT2D eigenvalue weighted by atomic mass is 10.3. The summed E-state index contributed by atoms with van der Waals surface area (Å²) in [7, 11) is 0. The zero-order chi connectivity index (χ0) is 7.40. The van der Waals surface area contributed by atoms with Crippen LogP contribution in [0.25, 0.3) is 0 Å². The second kappa shape index (κ2) is 4.24. The molecule has 0 radical (unpaired) electrons. The van der Waals surface area contributed by atoms with Crippen molar-refractivity contribution in [1.82, 2.24) is 6.15 Å². The Hall–Kier alpha value is -1.62. The van der Waals surface area contributed by atoms with E-state index < -0.39 is 0 Å². The number of para-hydroxylation sites is 1. The first-order valence-electron chi connectivity index (χ1n) is 2.73. The van der Waals surface area contributed by atoms with Crippen molar-refractivity contribution < 1.29 is 15.3 Å². The van der Waals surface area contributed by atoms with E-state index >= 15 is 0 Å². The van der Waals surface area contributed by atoms with Gasteiger partial charge in [-0.1, -0.05) is 18.2 Å². The first kappa shape index (κ1) is 9.38. The van der Waals surface area contributed by atoms with Crippen molar-refractivity contribution >= 4 is 5.69 Å². The molecule has 0 bridgehead atoms. The third-order valence-electron chi connectivity index (χ3n) is 1.07. The van der Waals surface area contributed by atoms with Crippen molar-refractivity contribution in [2.75, 3.05) is 0 Å². The van der Waals surface area contributed by atoms with E-state index in [1.54, 1.807) is 30.3 Å². The van der Waals surface area contributed by atoms with Crippen LogP contribution in [0, 0.1) is 0 Å². The highest BCUT2D eigenvalue weighted by molar-refractivity contribution is 5.27. The predicted octanol–water partition coefficient (Wildman–Crippen LogP) is 1.72. The number of benzene rings is 1. The molecule has 5 N–H and O–H groups in total. The SMILES string of the molecule is N.O/N=[N+](\O)c1ccccc1. The van der Waals surface area contributed by atoms with Gasteiger partial charge in [0, 0.05) is 12.1 Å². The molecule has 0 aliphatic carbocycles. The Kier molecular flexibility index (Phi) is 3.61. The molecule has 0 heterocycles. The van der Waals surface area contributed by atoms with Crippen molar-refractivity contribution in [1.29, 1.82) is 0 Å². The van der Waals surface area contributed by atoms with E-state index in [-0.39, 0.29) is 6.15 Å². The van der Waals surface area contributed by atoms with E-state index in [0.717, 1.165) is 0 Å². The van der Waals surface area contributed by atoms with E-state index in [0.29, 0.717) is 10.5 Å². The molecule has 60 valence electrons. The molecule has 0 aliphatic heterocycles. The van der Waals surface area contributed by atoms with Gasteiger partial charge in [-0.25, -0.2) is 0 Å². The molecular formula is C6H10N3O2+. The Morgan fingerprint density at radius 1 is 1.18 bits per heavy atom. The van der Waals surface area contributed by atoms with Crippen molar-refractivity contribution in [3.05, 3.63) is 30.3 Å². The van der Waals surface area contributed by atoms with Crippen LogP contribution in [0.2, 0.25) is 0 Å². The fourth-order valence-corrected chi connectivity index (χ4v) is 0.613. The molecule has 11 heavy (non-hydrogen) atoms. The third kappa shape index (κ3) is 2.23. The smallest absolute Gasteiger partial charge is 0.292 e. The number of rotatable bonds is 1. The van der Waals surface area contributed by atoms with Gasteiger partial charge in [0.2, 0.25) is 5.28 Å². The number of hydrogen-bond acceptors (Lipinski definition) is 2. The molecule has 0 fully saturated rings. The lowest BCUT2D eigenvalue weighted by molar-refractivity contribution is -0.778. The fraction of sp³-hybridized carbons (Fsp3) is 0. The lowest BCUT2D eigenvalue weighted by Gasteiger charge is -1.83. The molecule has 0 aliphatic rings. The van der Waals surface area contributed by atoms with Crippen LogP contribution in [0.4, 0.5) is 5.69 Å². The summed E-state index contributed by atoms with van der Waals surface area (Å²) in [5.74, 6) is 0. The Bertz CT molecular complexity index is 235. The minimum absolute atomic E-state index is 0. The molecule has 1 rings (SSSR count). The van der Waals surface area contributed by atoms with Crippen molar-refractivity contribution in [3.8, 4) is 0 Å². The molecule has 0 saturated heterocycles. The summed E-state index contributed by atoms with van der Waals surface area (Å²) >= 11 is 0. The average Bonchev–Trinajstić information content (AvgIpc) is 2.05. The highest BCUT2D eigenvalue weighted by atomic mass is 16.6. The zero-order valence-corrected chi connectivity index (χ0v) is 5.88. The largest absolute Gasteiger partial charge is 0.359 e. The minimum atomic E-state index is 0. The molecular weight excluding hydrogens is 146 g/mol. The second-order valence-corrected chi connectivity index (χ2v) is 1.71. The van der Waals surface area contributed by atoms with Crippen LogP contribution in [-0.2, 0) is 0 Å². The van der Waals surface area contributed by atoms with Crippen LogP contribution >= 0.6 is 0 Å². The molecule has 5 nitrogen and oxygen atoms in total. The van der Waals surface area contributed by atoms with Gasteiger partial charge in [0.15, 0.2) is 4.86 Å². The Labute approximate surface area is 63.7 Å². The van der Waals surface area contributed by atoms with Crippen molar-refractivity contribution in [2.45, 2.75) is 0 Å². The summed E-state index contributed by atoms with van der Waals surface area (Å²) in [6, 6.07) is 8.47. The topological polar surface area (TPSA) is 90.8 Å². The zero-order valence-electron chi connectivity index (χ0n) is 5.88. The minimum Gasteiger partial charge on any atom is -0.359 e. The normalized spacial score (nSPS) is 10.4. The van der Waals surface area contributed by atoms with E-state index in [1.807, 2.05) is 0 Å². The summed E-state index contributed by atoms with van der Waals surface area (Å²) in [6.07, 6.45) is 0. The maximum absolute atomic E-state index is 8.75. The molecule has 0 atom stereocenters. The van der Waals surface area contributed by atoms with Gasteiger partial charge in [0.25, 0.3) is 5.69 Å². The Morgan fingerprint density at radius 2 is 1.73 bits per heavy atom. The first-order chi connectivity index (χ1) is 4.84. The Balaban J connectivity index is 0.000001000. The maximum atomic E-state index is 8.75. The van der Waals surface area contributed by atoms with E-state index in [4.69, 9.17) is 10.4 Å². The molecule has 0 spiro atoms. The van der Waals surface area contributed by atoms with Crippen molar-refractivity contribution in [2.24, 2.45) is 5.28 Å². The highest BCUT2D eigenvalue weighted by Gasteiger charge is 2.06.